The molecule has 124 valence electrons. The monoisotopic (exact) mass is 336 g/mol. The molecule has 25 heavy (non-hydrogen) atoms. The Bertz CT molecular complexity index is 1070. The third-order valence-electron chi connectivity index (χ3n) is 4.10. The third kappa shape index (κ3) is 2.46. The molecule has 0 radical (unpaired) electrons. The van der Waals surface area contributed by atoms with Gasteiger partial charge in [-0.1, -0.05) is 18.2 Å². The molecule has 0 atom stereocenters. The number of carbonyl (C=O) groups is 2. The number of H-pyrrole nitrogens is 1. The molecule has 0 spiro atoms. The molecule has 4 rings (SSSR count). The molecule has 3 aromatic rings. The van der Waals surface area contributed by atoms with Crippen LogP contribution in [0.5, 0.6) is 0 Å². The highest BCUT2D eigenvalue weighted by atomic mass is 19.1. The first kappa shape index (κ1) is 15.1. The summed E-state index contributed by atoms with van der Waals surface area (Å²) in [6.45, 7) is -0.122. The molecule has 0 aliphatic carbocycles. The molecule has 7 heteroatoms. The fourth-order valence-electron chi connectivity index (χ4n) is 2.94. The van der Waals surface area contributed by atoms with Crippen molar-refractivity contribution in [3.05, 3.63) is 65.1 Å². The van der Waals surface area contributed by atoms with E-state index in [0.29, 0.717) is 17.1 Å². The molecular weight excluding hydrogens is 323 g/mol. The largest absolute Gasteiger partial charge is 0.366 e. The van der Waals surface area contributed by atoms with Gasteiger partial charge in [-0.15, -0.1) is 0 Å². The third-order valence-corrected chi connectivity index (χ3v) is 4.10. The van der Waals surface area contributed by atoms with E-state index < -0.39 is 11.7 Å². The van der Waals surface area contributed by atoms with Gasteiger partial charge in [-0.3, -0.25) is 14.6 Å². The van der Waals surface area contributed by atoms with Crippen molar-refractivity contribution >= 4 is 34.1 Å². The van der Waals surface area contributed by atoms with Crippen LogP contribution in [-0.4, -0.2) is 29.1 Å². The number of aliphatic imine (C=N–C) groups is 1. The van der Waals surface area contributed by atoms with Crippen molar-refractivity contribution in [2.45, 2.75) is 0 Å². The topological polar surface area (TPSA) is 100 Å². The summed E-state index contributed by atoms with van der Waals surface area (Å²) in [5, 5.41) is 3.63. The maximum absolute atomic E-state index is 14.6. The summed E-state index contributed by atoms with van der Waals surface area (Å²) >= 11 is 0. The van der Waals surface area contributed by atoms with Crippen LogP contribution in [0.1, 0.15) is 21.6 Å². The number of aromatic amines is 1. The molecule has 1 aliphatic rings. The summed E-state index contributed by atoms with van der Waals surface area (Å²) in [7, 11) is 0. The van der Waals surface area contributed by atoms with E-state index in [-0.39, 0.29) is 23.6 Å². The standard InChI is InChI=1S/C18H13FN4O2/c19-12-7-9(18(20)25)5-6-10(12)15-17-16(23-14(24)8-21-15)11-3-1-2-4-13(11)22-17/h1-7,22H,8H2,(H2,20,25)(H,23,24). The number of hydrogen-bond donors (Lipinski definition) is 3. The van der Waals surface area contributed by atoms with Crippen molar-refractivity contribution in [3.8, 4) is 0 Å². The number of carbonyl (C=O) groups excluding carboxylic acids is 2. The highest BCUT2D eigenvalue weighted by Gasteiger charge is 2.24. The van der Waals surface area contributed by atoms with Crippen LogP contribution in [-0.2, 0) is 4.79 Å². The highest BCUT2D eigenvalue weighted by molar-refractivity contribution is 6.22. The van der Waals surface area contributed by atoms with Gasteiger partial charge in [-0.25, -0.2) is 4.39 Å². The number of nitrogens with one attached hydrogen (secondary N) is 2. The number of halogens is 1. The van der Waals surface area contributed by atoms with Gasteiger partial charge in [0.05, 0.1) is 17.1 Å². The second kappa shape index (κ2) is 5.55. The van der Waals surface area contributed by atoms with Crippen LogP contribution in [0.25, 0.3) is 10.9 Å². The Balaban J connectivity index is 1.94. The molecule has 1 aromatic heterocycles. The van der Waals surface area contributed by atoms with Gasteiger partial charge in [0, 0.05) is 22.0 Å². The van der Waals surface area contributed by atoms with Crippen LogP contribution in [0.2, 0.25) is 0 Å². The van der Waals surface area contributed by atoms with Crippen molar-refractivity contribution in [3.63, 3.8) is 0 Å². The number of anilines is 1. The normalized spacial score (nSPS) is 13.8. The molecule has 0 fully saturated rings. The first-order chi connectivity index (χ1) is 12.0. The second-order valence-electron chi connectivity index (χ2n) is 5.69. The number of para-hydroxylation sites is 1. The van der Waals surface area contributed by atoms with E-state index in [2.05, 4.69) is 15.3 Å². The van der Waals surface area contributed by atoms with Crippen LogP contribution >= 0.6 is 0 Å². The Labute approximate surface area is 141 Å². The van der Waals surface area contributed by atoms with Gasteiger partial charge in [0.25, 0.3) is 0 Å². The van der Waals surface area contributed by atoms with E-state index in [9.17, 15) is 14.0 Å². The van der Waals surface area contributed by atoms with E-state index in [0.717, 1.165) is 17.0 Å². The van der Waals surface area contributed by atoms with Crippen molar-refractivity contribution in [2.75, 3.05) is 11.9 Å². The number of nitrogens with two attached hydrogens (primary N) is 1. The first-order valence-corrected chi connectivity index (χ1v) is 7.59. The summed E-state index contributed by atoms with van der Waals surface area (Å²) in [6.07, 6.45) is 0. The molecule has 0 saturated carbocycles. The van der Waals surface area contributed by atoms with Crippen LogP contribution in [0.3, 0.4) is 0 Å². The van der Waals surface area contributed by atoms with Gasteiger partial charge in [-0.2, -0.15) is 0 Å². The fraction of sp³-hybridized carbons (Fsp3) is 0.0556. The summed E-state index contributed by atoms with van der Waals surface area (Å²) in [6, 6.07) is 11.4. The molecule has 1 aliphatic heterocycles. The maximum Gasteiger partial charge on any atom is 0.248 e. The Morgan fingerprint density at radius 3 is 2.76 bits per heavy atom. The lowest BCUT2D eigenvalue weighted by Crippen LogP contribution is -2.13. The number of hydrogen-bond acceptors (Lipinski definition) is 3. The number of rotatable bonds is 2. The van der Waals surface area contributed by atoms with E-state index in [1.54, 1.807) is 0 Å². The molecule has 6 nitrogen and oxygen atoms in total. The Kier molecular flexibility index (Phi) is 3.35. The smallest absolute Gasteiger partial charge is 0.248 e. The van der Waals surface area contributed by atoms with Gasteiger partial charge >= 0.3 is 0 Å². The Morgan fingerprint density at radius 1 is 1.20 bits per heavy atom. The molecule has 2 heterocycles. The minimum absolute atomic E-state index is 0.0709. The summed E-state index contributed by atoms with van der Waals surface area (Å²) in [4.78, 5) is 30.7. The second-order valence-corrected chi connectivity index (χ2v) is 5.69. The molecular formula is C18H13FN4O2. The van der Waals surface area contributed by atoms with Crippen molar-refractivity contribution in [1.29, 1.82) is 0 Å². The number of amides is 2. The lowest BCUT2D eigenvalue weighted by atomic mass is 10.0. The van der Waals surface area contributed by atoms with Crippen LogP contribution in [0.4, 0.5) is 10.1 Å². The fourth-order valence-corrected chi connectivity index (χ4v) is 2.94. The summed E-state index contributed by atoms with van der Waals surface area (Å²) in [5.74, 6) is -1.62. The van der Waals surface area contributed by atoms with Gasteiger partial charge in [0.2, 0.25) is 11.8 Å². The zero-order valence-corrected chi connectivity index (χ0v) is 13.0. The summed E-state index contributed by atoms with van der Waals surface area (Å²) in [5.41, 5.74) is 7.66. The number of fused-ring (bicyclic) bond motifs is 3. The van der Waals surface area contributed by atoms with E-state index in [1.165, 1.54) is 12.1 Å². The van der Waals surface area contributed by atoms with Crippen LogP contribution < -0.4 is 11.1 Å². The number of benzene rings is 2. The van der Waals surface area contributed by atoms with Crippen LogP contribution in [0, 0.1) is 5.82 Å². The minimum Gasteiger partial charge on any atom is -0.366 e. The Morgan fingerprint density at radius 2 is 2.00 bits per heavy atom. The first-order valence-electron chi connectivity index (χ1n) is 7.59. The Hall–Kier alpha value is -3.48. The van der Waals surface area contributed by atoms with E-state index >= 15 is 0 Å². The molecule has 0 saturated heterocycles. The molecule has 2 aromatic carbocycles. The van der Waals surface area contributed by atoms with Crippen molar-refractivity contribution in [2.24, 2.45) is 10.7 Å². The number of nitrogens with zero attached hydrogens (tertiary/aromatic N) is 1. The zero-order chi connectivity index (χ0) is 17.6. The van der Waals surface area contributed by atoms with E-state index in [4.69, 9.17) is 5.73 Å². The average molecular weight is 336 g/mol. The predicted molar refractivity (Wildman–Crippen MR) is 92.4 cm³/mol. The SMILES string of the molecule is NC(=O)c1ccc(C2=NCC(=O)Nc3c2[nH]c2ccccc32)c(F)c1. The lowest BCUT2D eigenvalue weighted by molar-refractivity contribution is -0.114. The van der Waals surface area contributed by atoms with Gasteiger partial charge in [0.15, 0.2) is 0 Å². The number of primary amides is 1. The van der Waals surface area contributed by atoms with E-state index in [1.807, 2.05) is 24.3 Å². The highest BCUT2D eigenvalue weighted by Crippen LogP contribution is 2.31. The average Bonchev–Trinajstić information content (AvgIpc) is 2.86. The molecule has 2 amide bonds. The zero-order valence-electron chi connectivity index (χ0n) is 13.0. The molecule has 4 N–H and O–H groups in total. The maximum atomic E-state index is 14.6. The minimum atomic E-state index is -0.712. The van der Waals surface area contributed by atoms with Crippen molar-refractivity contribution < 1.29 is 14.0 Å². The van der Waals surface area contributed by atoms with Crippen molar-refractivity contribution in [1.82, 2.24) is 4.98 Å². The molecule has 0 unspecified atom stereocenters. The predicted octanol–water partition coefficient (Wildman–Crippen LogP) is 2.20. The van der Waals surface area contributed by atoms with Gasteiger partial charge in [-0.05, 0) is 24.3 Å². The quantitative estimate of drug-likeness (QED) is 0.668. The summed E-state index contributed by atoms with van der Waals surface area (Å²) < 4.78 is 14.6. The molecule has 0 bridgehead atoms. The number of aromatic nitrogens is 1. The van der Waals surface area contributed by atoms with Crippen LogP contribution in [0.15, 0.2) is 47.5 Å². The van der Waals surface area contributed by atoms with Gasteiger partial charge < -0.3 is 16.0 Å². The van der Waals surface area contributed by atoms with Gasteiger partial charge in [0.1, 0.15) is 12.4 Å². The lowest BCUT2D eigenvalue weighted by Gasteiger charge is -2.08.